The van der Waals surface area contributed by atoms with Gasteiger partial charge in [0.05, 0.1) is 11.6 Å². The molecule has 0 aliphatic carbocycles. The van der Waals surface area contributed by atoms with Gasteiger partial charge in [0.1, 0.15) is 11.5 Å². The van der Waals surface area contributed by atoms with Gasteiger partial charge in [0, 0.05) is 30.8 Å². The zero-order valence-electron chi connectivity index (χ0n) is 11.7. The monoisotopic (exact) mass is 325 g/mol. The largest absolute Gasteiger partial charge is 0.455 e. The summed E-state index contributed by atoms with van der Waals surface area (Å²) in [6, 6.07) is 12.9. The quantitative estimate of drug-likeness (QED) is 0.759. The van der Waals surface area contributed by atoms with Crippen LogP contribution in [0, 0.1) is 0 Å². The SMILES string of the molecule is COCCNCc1cc(Cl)ccc1Oc1ccccc1Cl. The first-order valence-electron chi connectivity index (χ1n) is 6.61. The van der Waals surface area contributed by atoms with Crippen molar-refractivity contribution in [2.45, 2.75) is 6.54 Å². The van der Waals surface area contributed by atoms with E-state index in [9.17, 15) is 0 Å². The second kappa shape index (κ2) is 8.25. The van der Waals surface area contributed by atoms with Crippen LogP contribution in [0.1, 0.15) is 5.56 Å². The standard InChI is InChI=1S/C16H17Cl2NO2/c1-20-9-8-19-11-12-10-13(17)6-7-15(12)21-16-5-3-2-4-14(16)18/h2-7,10,19H,8-9,11H2,1H3. The highest BCUT2D eigenvalue weighted by molar-refractivity contribution is 6.32. The van der Waals surface area contributed by atoms with Gasteiger partial charge in [0.25, 0.3) is 0 Å². The molecule has 0 radical (unpaired) electrons. The van der Waals surface area contributed by atoms with Crippen LogP contribution in [0.2, 0.25) is 10.0 Å². The van der Waals surface area contributed by atoms with Crippen LogP contribution in [0.4, 0.5) is 0 Å². The van der Waals surface area contributed by atoms with E-state index in [-0.39, 0.29) is 0 Å². The van der Waals surface area contributed by atoms with Gasteiger partial charge >= 0.3 is 0 Å². The Morgan fingerprint density at radius 3 is 2.62 bits per heavy atom. The number of nitrogens with one attached hydrogen (secondary N) is 1. The summed E-state index contributed by atoms with van der Waals surface area (Å²) in [6.07, 6.45) is 0. The molecule has 3 nitrogen and oxygen atoms in total. The minimum Gasteiger partial charge on any atom is -0.455 e. The van der Waals surface area contributed by atoms with Crippen LogP contribution in [0.5, 0.6) is 11.5 Å². The van der Waals surface area contributed by atoms with Crippen molar-refractivity contribution in [2.24, 2.45) is 0 Å². The molecule has 1 N–H and O–H groups in total. The Morgan fingerprint density at radius 1 is 1.05 bits per heavy atom. The van der Waals surface area contributed by atoms with Gasteiger partial charge in [-0.05, 0) is 30.3 Å². The van der Waals surface area contributed by atoms with Crippen molar-refractivity contribution in [3.63, 3.8) is 0 Å². The van der Waals surface area contributed by atoms with Gasteiger partial charge in [-0.3, -0.25) is 0 Å². The van der Waals surface area contributed by atoms with Gasteiger partial charge in [0.15, 0.2) is 0 Å². The van der Waals surface area contributed by atoms with Crippen molar-refractivity contribution in [2.75, 3.05) is 20.3 Å². The molecule has 0 aliphatic rings. The van der Waals surface area contributed by atoms with Crippen molar-refractivity contribution in [3.05, 3.63) is 58.1 Å². The van der Waals surface area contributed by atoms with E-state index in [1.54, 1.807) is 19.2 Å². The number of para-hydroxylation sites is 1. The summed E-state index contributed by atoms with van der Waals surface area (Å²) in [5.74, 6) is 1.36. The van der Waals surface area contributed by atoms with Gasteiger partial charge in [-0.1, -0.05) is 35.3 Å². The molecule has 2 rings (SSSR count). The predicted octanol–water partition coefficient (Wildman–Crippen LogP) is 4.52. The summed E-state index contributed by atoms with van der Waals surface area (Å²) >= 11 is 12.2. The van der Waals surface area contributed by atoms with Gasteiger partial charge in [0.2, 0.25) is 0 Å². The molecule has 0 aliphatic heterocycles. The lowest BCUT2D eigenvalue weighted by Crippen LogP contribution is -2.18. The van der Waals surface area contributed by atoms with E-state index >= 15 is 0 Å². The number of benzene rings is 2. The molecule has 21 heavy (non-hydrogen) atoms. The Hall–Kier alpha value is -1.26. The molecular weight excluding hydrogens is 309 g/mol. The van der Waals surface area contributed by atoms with Crippen LogP contribution >= 0.6 is 23.2 Å². The number of methoxy groups -OCH3 is 1. The maximum Gasteiger partial charge on any atom is 0.146 e. The molecule has 0 saturated carbocycles. The summed E-state index contributed by atoms with van der Waals surface area (Å²) in [5, 5.41) is 4.52. The number of ether oxygens (including phenoxy) is 2. The average Bonchev–Trinajstić information content (AvgIpc) is 2.48. The van der Waals surface area contributed by atoms with Crippen molar-refractivity contribution in [3.8, 4) is 11.5 Å². The molecular formula is C16H17Cl2NO2. The van der Waals surface area contributed by atoms with Crippen LogP contribution in [-0.4, -0.2) is 20.3 Å². The molecule has 0 atom stereocenters. The Labute approximate surface area is 134 Å². The highest BCUT2D eigenvalue weighted by Crippen LogP contribution is 2.32. The molecule has 5 heteroatoms. The molecule has 0 amide bonds. The van der Waals surface area contributed by atoms with Crippen LogP contribution < -0.4 is 10.1 Å². The summed E-state index contributed by atoms with van der Waals surface area (Å²) in [6.45, 7) is 2.06. The molecule has 0 saturated heterocycles. The van der Waals surface area contributed by atoms with Gasteiger partial charge in [-0.15, -0.1) is 0 Å². The molecule has 2 aromatic rings. The Morgan fingerprint density at radius 2 is 1.86 bits per heavy atom. The topological polar surface area (TPSA) is 30.5 Å². The summed E-state index contributed by atoms with van der Waals surface area (Å²) < 4.78 is 10.9. The van der Waals surface area contributed by atoms with E-state index in [2.05, 4.69) is 5.32 Å². The molecule has 2 aromatic carbocycles. The fourth-order valence-electron chi connectivity index (χ4n) is 1.83. The first-order chi connectivity index (χ1) is 10.2. The summed E-state index contributed by atoms with van der Waals surface area (Å²) in [5.41, 5.74) is 0.971. The number of rotatable bonds is 7. The van der Waals surface area contributed by atoms with E-state index in [1.807, 2.05) is 30.3 Å². The molecule has 0 aromatic heterocycles. The third-order valence-electron chi connectivity index (χ3n) is 2.88. The third-order valence-corrected chi connectivity index (χ3v) is 3.42. The normalized spacial score (nSPS) is 10.6. The Kier molecular flexibility index (Phi) is 6.33. The van der Waals surface area contributed by atoms with E-state index < -0.39 is 0 Å². The first-order valence-corrected chi connectivity index (χ1v) is 7.37. The lowest BCUT2D eigenvalue weighted by atomic mass is 10.2. The van der Waals surface area contributed by atoms with Gasteiger partial charge < -0.3 is 14.8 Å². The first kappa shape index (κ1) is 16.1. The molecule has 0 bridgehead atoms. The predicted molar refractivity (Wildman–Crippen MR) is 86.6 cm³/mol. The molecule has 112 valence electrons. The Balaban J connectivity index is 2.13. The second-order valence-electron chi connectivity index (χ2n) is 4.45. The van der Waals surface area contributed by atoms with Crippen molar-refractivity contribution < 1.29 is 9.47 Å². The highest BCUT2D eigenvalue weighted by Gasteiger charge is 2.08. The van der Waals surface area contributed by atoms with Crippen molar-refractivity contribution >= 4 is 23.2 Å². The zero-order valence-corrected chi connectivity index (χ0v) is 13.2. The fraction of sp³-hybridized carbons (Fsp3) is 0.250. The fourth-order valence-corrected chi connectivity index (χ4v) is 2.20. The second-order valence-corrected chi connectivity index (χ2v) is 5.30. The summed E-state index contributed by atoms with van der Waals surface area (Å²) in [7, 11) is 1.67. The van der Waals surface area contributed by atoms with Crippen molar-refractivity contribution in [1.29, 1.82) is 0 Å². The maximum atomic E-state index is 6.12. The smallest absolute Gasteiger partial charge is 0.146 e. The van der Waals surface area contributed by atoms with Crippen LogP contribution in [-0.2, 0) is 11.3 Å². The van der Waals surface area contributed by atoms with Crippen molar-refractivity contribution in [1.82, 2.24) is 5.32 Å². The molecule has 0 unspecified atom stereocenters. The van der Waals surface area contributed by atoms with E-state index in [0.29, 0.717) is 28.9 Å². The third kappa shape index (κ3) is 4.90. The lowest BCUT2D eigenvalue weighted by Gasteiger charge is -2.13. The zero-order chi connectivity index (χ0) is 15.1. The molecule has 0 spiro atoms. The minimum atomic E-state index is 0.575. The Bertz CT molecular complexity index is 590. The number of hydrogen-bond acceptors (Lipinski definition) is 3. The minimum absolute atomic E-state index is 0.575. The summed E-state index contributed by atoms with van der Waals surface area (Å²) in [4.78, 5) is 0. The van der Waals surface area contributed by atoms with Gasteiger partial charge in [-0.2, -0.15) is 0 Å². The van der Waals surface area contributed by atoms with Crippen LogP contribution in [0.15, 0.2) is 42.5 Å². The van der Waals surface area contributed by atoms with E-state index in [0.717, 1.165) is 17.9 Å². The van der Waals surface area contributed by atoms with Crippen LogP contribution in [0.3, 0.4) is 0 Å². The molecule has 0 fully saturated rings. The maximum absolute atomic E-state index is 6.12. The van der Waals surface area contributed by atoms with Gasteiger partial charge in [-0.25, -0.2) is 0 Å². The molecule has 0 heterocycles. The van der Waals surface area contributed by atoms with Crippen LogP contribution in [0.25, 0.3) is 0 Å². The highest BCUT2D eigenvalue weighted by atomic mass is 35.5. The van der Waals surface area contributed by atoms with E-state index in [1.165, 1.54) is 0 Å². The number of hydrogen-bond donors (Lipinski definition) is 1. The number of halogens is 2. The average molecular weight is 326 g/mol. The lowest BCUT2D eigenvalue weighted by molar-refractivity contribution is 0.199. The van der Waals surface area contributed by atoms with E-state index in [4.69, 9.17) is 32.7 Å².